The number of hydrogen-bond acceptors (Lipinski definition) is 3. The minimum Gasteiger partial charge on any atom is -0.356 e. The molecular weight excluding hydrogens is 536 g/mol. The Labute approximate surface area is 214 Å². The molecular formula is C24H39FIN5O2. The van der Waals surface area contributed by atoms with E-state index in [1.54, 1.807) is 19.2 Å². The molecule has 9 heteroatoms. The highest BCUT2D eigenvalue weighted by Gasteiger charge is 2.23. The van der Waals surface area contributed by atoms with E-state index in [0.29, 0.717) is 57.4 Å². The molecule has 0 unspecified atom stereocenters. The fraction of sp³-hybridized carbons (Fsp3) is 0.625. The topological polar surface area (TPSA) is 77.0 Å². The molecule has 0 atom stereocenters. The quantitative estimate of drug-likeness (QED) is 0.194. The molecule has 1 aromatic rings. The molecule has 2 rings (SSSR count). The maximum atomic E-state index is 13.0. The van der Waals surface area contributed by atoms with E-state index in [4.69, 9.17) is 0 Å². The van der Waals surface area contributed by atoms with Crippen LogP contribution in [0.2, 0.25) is 0 Å². The van der Waals surface area contributed by atoms with E-state index in [-0.39, 0.29) is 41.6 Å². The highest BCUT2D eigenvalue weighted by molar-refractivity contribution is 14.0. The predicted molar refractivity (Wildman–Crippen MR) is 141 cm³/mol. The molecule has 2 N–H and O–H groups in total. The van der Waals surface area contributed by atoms with Gasteiger partial charge in [0.2, 0.25) is 11.8 Å². The van der Waals surface area contributed by atoms with E-state index in [1.165, 1.54) is 12.1 Å². The van der Waals surface area contributed by atoms with Crippen molar-refractivity contribution in [3.8, 4) is 0 Å². The second-order valence-corrected chi connectivity index (χ2v) is 8.65. The van der Waals surface area contributed by atoms with Gasteiger partial charge in [-0.3, -0.25) is 14.6 Å². The van der Waals surface area contributed by atoms with E-state index in [0.717, 1.165) is 31.4 Å². The molecule has 0 aromatic heterocycles. The van der Waals surface area contributed by atoms with Crippen molar-refractivity contribution in [1.82, 2.24) is 20.4 Å². The summed E-state index contributed by atoms with van der Waals surface area (Å²) in [6.07, 6.45) is 3.89. The number of halogens is 2. The molecule has 0 radical (unpaired) electrons. The van der Waals surface area contributed by atoms with Gasteiger partial charge in [0.1, 0.15) is 5.82 Å². The fourth-order valence-corrected chi connectivity index (χ4v) is 3.64. The summed E-state index contributed by atoms with van der Waals surface area (Å²) in [5.74, 6) is 1.21. The normalized spacial score (nSPS) is 14.2. The van der Waals surface area contributed by atoms with Crippen LogP contribution in [-0.4, -0.2) is 67.3 Å². The Morgan fingerprint density at radius 1 is 0.970 bits per heavy atom. The lowest BCUT2D eigenvalue weighted by molar-refractivity contribution is -0.140. The lowest BCUT2D eigenvalue weighted by Gasteiger charge is -2.35. The Balaban J connectivity index is 0.00000544. The number of hydrogen-bond donors (Lipinski definition) is 2. The van der Waals surface area contributed by atoms with Gasteiger partial charge >= 0.3 is 0 Å². The van der Waals surface area contributed by atoms with E-state index in [9.17, 15) is 14.0 Å². The summed E-state index contributed by atoms with van der Waals surface area (Å²) in [6.45, 7) is 8.01. The molecule has 0 spiro atoms. The molecule has 1 heterocycles. The number of piperazine rings is 1. The van der Waals surface area contributed by atoms with Gasteiger partial charge in [-0.1, -0.05) is 32.4 Å². The molecule has 186 valence electrons. The van der Waals surface area contributed by atoms with Gasteiger partial charge in [0.25, 0.3) is 0 Å². The molecule has 1 aliphatic heterocycles. The highest BCUT2D eigenvalue weighted by Crippen LogP contribution is 2.10. The second kappa shape index (κ2) is 15.8. The van der Waals surface area contributed by atoms with Crippen LogP contribution in [0.1, 0.15) is 51.5 Å². The summed E-state index contributed by atoms with van der Waals surface area (Å²) in [5, 5.41) is 6.47. The van der Waals surface area contributed by atoms with Gasteiger partial charge in [-0.2, -0.15) is 0 Å². The van der Waals surface area contributed by atoms with E-state index >= 15 is 0 Å². The number of nitrogens with zero attached hydrogens (tertiary/aromatic N) is 3. The Hall–Kier alpha value is -1.91. The number of carbonyl (C=O) groups excluding carboxylic acids is 2. The SMILES string of the molecule is CN=C(NCCCCCC(=O)N1CCN(C(=O)CC(C)C)CC1)NCc1ccc(F)cc1.I. The van der Waals surface area contributed by atoms with Crippen molar-refractivity contribution < 1.29 is 14.0 Å². The highest BCUT2D eigenvalue weighted by atomic mass is 127. The largest absolute Gasteiger partial charge is 0.356 e. The summed E-state index contributed by atoms with van der Waals surface area (Å²) >= 11 is 0. The second-order valence-electron chi connectivity index (χ2n) is 8.65. The number of amides is 2. The van der Waals surface area contributed by atoms with Crippen LogP contribution in [0, 0.1) is 11.7 Å². The third-order valence-corrected chi connectivity index (χ3v) is 5.52. The van der Waals surface area contributed by atoms with E-state index in [2.05, 4.69) is 15.6 Å². The number of benzene rings is 1. The Morgan fingerprint density at radius 2 is 1.58 bits per heavy atom. The number of rotatable bonds is 10. The first kappa shape index (κ1) is 29.1. The number of unbranched alkanes of at least 4 members (excludes halogenated alkanes) is 2. The van der Waals surface area contributed by atoms with Crippen LogP contribution < -0.4 is 10.6 Å². The van der Waals surface area contributed by atoms with Crippen LogP contribution in [0.4, 0.5) is 4.39 Å². The van der Waals surface area contributed by atoms with Crippen molar-refractivity contribution >= 4 is 41.8 Å². The molecule has 2 amide bonds. The molecule has 1 fully saturated rings. The van der Waals surface area contributed by atoms with Gasteiger partial charge in [0.05, 0.1) is 0 Å². The predicted octanol–water partition coefficient (Wildman–Crippen LogP) is 3.39. The molecule has 1 aromatic carbocycles. The molecule has 0 saturated carbocycles. The van der Waals surface area contributed by atoms with Crippen LogP contribution in [0.25, 0.3) is 0 Å². The first-order valence-electron chi connectivity index (χ1n) is 11.6. The fourth-order valence-electron chi connectivity index (χ4n) is 3.64. The van der Waals surface area contributed by atoms with Gasteiger partial charge < -0.3 is 20.4 Å². The average Bonchev–Trinajstić information content (AvgIpc) is 2.78. The van der Waals surface area contributed by atoms with E-state index in [1.807, 2.05) is 23.6 Å². The van der Waals surface area contributed by atoms with Crippen molar-refractivity contribution in [2.24, 2.45) is 10.9 Å². The standard InChI is InChI=1S/C24H38FN5O2.HI/c1-19(2)17-23(32)30-15-13-29(14-16-30)22(31)7-5-4-6-12-27-24(26-3)28-18-20-8-10-21(25)11-9-20;/h8-11,19H,4-7,12-18H2,1-3H3,(H2,26,27,28);1H. The summed E-state index contributed by atoms with van der Waals surface area (Å²) in [5.41, 5.74) is 0.984. The van der Waals surface area contributed by atoms with Crippen LogP contribution in [-0.2, 0) is 16.1 Å². The third kappa shape index (κ3) is 11.2. The summed E-state index contributed by atoms with van der Waals surface area (Å²) in [6, 6.07) is 6.38. The third-order valence-electron chi connectivity index (χ3n) is 5.52. The summed E-state index contributed by atoms with van der Waals surface area (Å²) in [4.78, 5) is 32.5. The minimum absolute atomic E-state index is 0. The maximum absolute atomic E-state index is 13.0. The van der Waals surface area contributed by atoms with Crippen LogP contribution in [0.15, 0.2) is 29.3 Å². The average molecular weight is 576 g/mol. The van der Waals surface area contributed by atoms with E-state index < -0.39 is 0 Å². The smallest absolute Gasteiger partial charge is 0.222 e. The van der Waals surface area contributed by atoms with Gasteiger partial charge in [-0.15, -0.1) is 24.0 Å². The number of guanidine groups is 1. The van der Waals surface area contributed by atoms with Crippen molar-refractivity contribution in [2.45, 2.75) is 52.5 Å². The molecule has 33 heavy (non-hydrogen) atoms. The molecule has 1 saturated heterocycles. The molecule has 0 bridgehead atoms. The molecule has 7 nitrogen and oxygen atoms in total. The maximum Gasteiger partial charge on any atom is 0.222 e. The first-order chi connectivity index (χ1) is 15.4. The Morgan fingerprint density at radius 3 is 2.15 bits per heavy atom. The van der Waals surface area contributed by atoms with Crippen LogP contribution >= 0.6 is 24.0 Å². The minimum atomic E-state index is -0.242. The summed E-state index contributed by atoms with van der Waals surface area (Å²) in [7, 11) is 1.72. The van der Waals surface area contributed by atoms with Crippen molar-refractivity contribution in [3.05, 3.63) is 35.6 Å². The van der Waals surface area contributed by atoms with Gasteiger partial charge in [0, 0.05) is 59.2 Å². The molecule has 1 aliphatic rings. The lowest BCUT2D eigenvalue weighted by atomic mass is 10.1. The van der Waals surface area contributed by atoms with Crippen LogP contribution in [0.3, 0.4) is 0 Å². The first-order valence-corrected chi connectivity index (χ1v) is 11.6. The zero-order valence-corrected chi connectivity index (χ0v) is 22.4. The van der Waals surface area contributed by atoms with Crippen molar-refractivity contribution in [3.63, 3.8) is 0 Å². The zero-order valence-electron chi connectivity index (χ0n) is 20.1. The van der Waals surface area contributed by atoms with Gasteiger partial charge in [-0.05, 0) is 36.5 Å². The van der Waals surface area contributed by atoms with Gasteiger partial charge in [-0.25, -0.2) is 4.39 Å². The molecule has 0 aliphatic carbocycles. The Kier molecular flexibility index (Phi) is 14.0. The number of nitrogens with one attached hydrogen (secondary N) is 2. The van der Waals surface area contributed by atoms with Crippen LogP contribution in [0.5, 0.6) is 0 Å². The lowest BCUT2D eigenvalue weighted by Crippen LogP contribution is -2.50. The Bertz CT molecular complexity index is 750. The number of carbonyl (C=O) groups is 2. The van der Waals surface area contributed by atoms with Crippen molar-refractivity contribution in [1.29, 1.82) is 0 Å². The zero-order chi connectivity index (χ0) is 23.3. The monoisotopic (exact) mass is 575 g/mol. The van der Waals surface area contributed by atoms with Gasteiger partial charge in [0.15, 0.2) is 5.96 Å². The van der Waals surface area contributed by atoms with Crippen molar-refractivity contribution in [2.75, 3.05) is 39.8 Å². The number of aliphatic imine (C=N–C) groups is 1. The summed E-state index contributed by atoms with van der Waals surface area (Å²) < 4.78 is 13.0.